The molecule has 2 atom stereocenters. The Labute approximate surface area is 155 Å². The normalized spacial score (nSPS) is 21.2. The van der Waals surface area contributed by atoms with Gasteiger partial charge in [0.1, 0.15) is 11.6 Å². The fraction of sp³-hybridized carbons (Fsp3) is 0.500. The Bertz CT molecular complexity index is 769. The van der Waals surface area contributed by atoms with Crippen LogP contribution in [-0.4, -0.2) is 53.9 Å². The monoisotopic (exact) mass is 433 g/mol. The summed E-state index contributed by atoms with van der Waals surface area (Å²) in [5.74, 6) is -1.25. The Hall–Kier alpha value is -1.61. The summed E-state index contributed by atoms with van der Waals surface area (Å²) < 4.78 is 31.5. The minimum atomic E-state index is -3.77. The van der Waals surface area contributed by atoms with Gasteiger partial charge in [-0.2, -0.15) is 0 Å². The van der Waals surface area contributed by atoms with Crippen LogP contribution in [0.1, 0.15) is 27.2 Å². The molecule has 25 heavy (non-hydrogen) atoms. The predicted octanol–water partition coefficient (Wildman–Crippen LogP) is 2.69. The van der Waals surface area contributed by atoms with E-state index in [4.69, 9.17) is 4.74 Å². The van der Waals surface area contributed by atoms with Gasteiger partial charge in [0.25, 0.3) is 0 Å². The van der Waals surface area contributed by atoms with Crippen LogP contribution in [0.25, 0.3) is 0 Å². The molecule has 0 aliphatic carbocycles. The van der Waals surface area contributed by atoms with Crippen molar-refractivity contribution in [1.29, 1.82) is 0 Å². The van der Waals surface area contributed by atoms with E-state index in [1.165, 1.54) is 12.1 Å². The number of hydrogen-bond acceptors (Lipinski definition) is 5. The Morgan fingerprint density at radius 2 is 1.80 bits per heavy atom. The van der Waals surface area contributed by atoms with Gasteiger partial charge in [-0.1, -0.05) is 15.9 Å². The quantitative estimate of drug-likeness (QED) is 0.785. The van der Waals surface area contributed by atoms with Gasteiger partial charge >= 0.3 is 12.1 Å². The third-order valence-corrected chi connectivity index (χ3v) is 6.43. The molecule has 1 aromatic carbocycles. The fourth-order valence-electron chi connectivity index (χ4n) is 2.60. The van der Waals surface area contributed by atoms with E-state index in [1.54, 1.807) is 32.9 Å². The van der Waals surface area contributed by atoms with E-state index in [2.05, 4.69) is 15.9 Å². The van der Waals surface area contributed by atoms with Gasteiger partial charge in [0.2, 0.25) is 0 Å². The van der Waals surface area contributed by atoms with Crippen LogP contribution in [0, 0.1) is 0 Å². The molecule has 1 aliphatic rings. The van der Waals surface area contributed by atoms with Gasteiger partial charge in [-0.25, -0.2) is 18.0 Å². The Balaban J connectivity index is 2.28. The number of carbonyl (C=O) groups is 2. The van der Waals surface area contributed by atoms with Gasteiger partial charge in [-0.3, -0.25) is 4.90 Å². The van der Waals surface area contributed by atoms with Crippen molar-refractivity contribution in [3.8, 4) is 0 Å². The van der Waals surface area contributed by atoms with Crippen LogP contribution in [0.3, 0.4) is 0 Å². The van der Waals surface area contributed by atoms with Gasteiger partial charge in [0.15, 0.2) is 9.84 Å². The summed E-state index contributed by atoms with van der Waals surface area (Å²) in [5, 5.41) is 8.37. The lowest BCUT2D eigenvalue weighted by atomic mass is 10.2. The Morgan fingerprint density at radius 1 is 1.24 bits per heavy atom. The molecule has 0 spiro atoms. The van der Waals surface area contributed by atoms with Crippen molar-refractivity contribution >= 4 is 37.8 Å². The number of nitrogens with zero attached hydrogens (tertiary/aromatic N) is 1. The molecule has 1 aromatic rings. The van der Waals surface area contributed by atoms with Crippen LogP contribution in [0.2, 0.25) is 0 Å². The topological polar surface area (TPSA) is 101 Å². The summed E-state index contributed by atoms with van der Waals surface area (Å²) in [6.07, 6.45) is -0.999. The number of aliphatic carboxylic acids is 1. The first-order valence-electron chi connectivity index (χ1n) is 7.64. The number of ether oxygens (including phenoxy) is 1. The van der Waals surface area contributed by atoms with Crippen molar-refractivity contribution in [3.63, 3.8) is 0 Å². The molecule has 1 aliphatic heterocycles. The number of carboxylic acid groups (broad SMARTS) is 1. The van der Waals surface area contributed by atoms with Gasteiger partial charge in [0.05, 0.1) is 10.1 Å². The van der Waals surface area contributed by atoms with Gasteiger partial charge in [0, 0.05) is 11.0 Å². The molecule has 1 heterocycles. The second kappa shape index (κ2) is 6.95. The molecule has 0 bridgehead atoms. The molecule has 0 radical (unpaired) electrons. The number of hydrogen-bond donors (Lipinski definition) is 1. The van der Waals surface area contributed by atoms with E-state index in [0.717, 1.165) is 9.37 Å². The molecule has 0 aromatic heterocycles. The highest BCUT2D eigenvalue weighted by atomic mass is 79.9. The molecule has 1 saturated heterocycles. The highest BCUT2D eigenvalue weighted by Crippen LogP contribution is 2.30. The maximum Gasteiger partial charge on any atom is 0.411 e. The van der Waals surface area contributed by atoms with E-state index in [0.29, 0.717) is 0 Å². The van der Waals surface area contributed by atoms with Crippen molar-refractivity contribution in [2.45, 2.75) is 49.0 Å². The number of halogens is 1. The lowest BCUT2D eigenvalue weighted by Gasteiger charge is -2.26. The van der Waals surface area contributed by atoms with Crippen molar-refractivity contribution in [2.75, 3.05) is 6.54 Å². The Kier molecular flexibility index (Phi) is 5.48. The lowest BCUT2D eigenvalue weighted by Crippen LogP contribution is -2.43. The SMILES string of the molecule is CC(C)(C)OC(=O)N1C[C@@H](S(=O)(=O)c2ccc(Br)cc2)C[C@H]1C(=O)O. The summed E-state index contributed by atoms with van der Waals surface area (Å²) in [4.78, 5) is 24.8. The maximum absolute atomic E-state index is 12.8. The number of sulfone groups is 1. The van der Waals surface area contributed by atoms with Gasteiger partial charge in [-0.05, 0) is 51.5 Å². The molecule has 138 valence electrons. The third kappa shape index (κ3) is 4.52. The molecular formula is C16H20BrNO6S. The van der Waals surface area contributed by atoms with Crippen LogP contribution in [-0.2, 0) is 19.4 Å². The molecule has 9 heteroatoms. The van der Waals surface area contributed by atoms with Crippen molar-refractivity contribution in [2.24, 2.45) is 0 Å². The molecule has 1 N–H and O–H groups in total. The van der Waals surface area contributed by atoms with Crippen LogP contribution in [0.15, 0.2) is 33.6 Å². The van der Waals surface area contributed by atoms with Crippen molar-refractivity contribution in [1.82, 2.24) is 4.90 Å². The number of amides is 1. The molecule has 1 amide bonds. The first-order valence-corrected chi connectivity index (χ1v) is 9.97. The van der Waals surface area contributed by atoms with E-state index < -0.39 is 38.8 Å². The summed E-state index contributed by atoms with van der Waals surface area (Å²) in [6.45, 7) is 4.76. The number of likely N-dealkylation sites (tertiary alicyclic amines) is 1. The van der Waals surface area contributed by atoms with Gasteiger partial charge < -0.3 is 9.84 Å². The second-order valence-corrected chi connectivity index (χ2v) is 9.99. The highest BCUT2D eigenvalue weighted by molar-refractivity contribution is 9.10. The molecule has 1 fully saturated rings. The van der Waals surface area contributed by atoms with Crippen LogP contribution >= 0.6 is 15.9 Å². The summed E-state index contributed by atoms with van der Waals surface area (Å²) >= 11 is 3.24. The maximum atomic E-state index is 12.8. The largest absolute Gasteiger partial charge is 0.480 e. The first kappa shape index (κ1) is 19.7. The van der Waals surface area contributed by atoms with Crippen LogP contribution in [0.4, 0.5) is 4.79 Å². The van der Waals surface area contributed by atoms with E-state index >= 15 is 0 Å². The molecule has 2 rings (SSSR count). The smallest absolute Gasteiger partial charge is 0.411 e. The second-order valence-electron chi connectivity index (χ2n) is 6.84. The zero-order valence-corrected chi connectivity index (χ0v) is 16.5. The minimum absolute atomic E-state index is 0.0934. The van der Waals surface area contributed by atoms with Crippen LogP contribution in [0.5, 0.6) is 0 Å². The minimum Gasteiger partial charge on any atom is -0.480 e. The summed E-state index contributed by atoms with van der Waals surface area (Å²) in [6, 6.07) is 4.87. The Morgan fingerprint density at radius 3 is 2.28 bits per heavy atom. The number of carboxylic acids is 1. The summed E-state index contributed by atoms with van der Waals surface area (Å²) in [7, 11) is -3.77. The van der Waals surface area contributed by atoms with Gasteiger partial charge in [-0.15, -0.1) is 0 Å². The molecule has 0 unspecified atom stereocenters. The average molecular weight is 434 g/mol. The molecule has 0 saturated carbocycles. The van der Waals surface area contributed by atoms with Crippen LogP contribution < -0.4 is 0 Å². The lowest BCUT2D eigenvalue weighted by molar-refractivity contribution is -0.142. The standard InChI is InChI=1S/C16H20BrNO6S/c1-16(2,3)24-15(21)18-9-12(8-13(18)14(19)20)25(22,23)11-6-4-10(17)5-7-11/h4-7,12-13H,8-9H2,1-3H3,(H,19,20)/t12-,13-/m0/s1. The number of benzene rings is 1. The first-order chi connectivity index (χ1) is 11.4. The number of rotatable bonds is 3. The van der Waals surface area contributed by atoms with Crippen molar-refractivity contribution in [3.05, 3.63) is 28.7 Å². The number of carbonyl (C=O) groups excluding carboxylic acids is 1. The summed E-state index contributed by atoms with van der Waals surface area (Å²) in [5.41, 5.74) is -0.803. The average Bonchev–Trinajstić information content (AvgIpc) is 2.92. The molecular weight excluding hydrogens is 414 g/mol. The third-order valence-electron chi connectivity index (χ3n) is 3.76. The van der Waals surface area contributed by atoms with E-state index in [-0.39, 0.29) is 17.9 Å². The zero-order valence-electron chi connectivity index (χ0n) is 14.1. The van der Waals surface area contributed by atoms with E-state index in [1.807, 2.05) is 0 Å². The predicted molar refractivity (Wildman–Crippen MR) is 94.1 cm³/mol. The molecule has 7 nitrogen and oxygen atoms in total. The zero-order chi connectivity index (χ0) is 19.0. The highest BCUT2D eigenvalue weighted by Gasteiger charge is 2.46. The van der Waals surface area contributed by atoms with Crippen molar-refractivity contribution < 1.29 is 27.9 Å². The van der Waals surface area contributed by atoms with E-state index in [9.17, 15) is 23.1 Å². The fourth-order valence-corrected chi connectivity index (χ4v) is 4.55.